The Morgan fingerprint density at radius 3 is 1.58 bits per heavy atom. The Morgan fingerprint density at radius 1 is 0.492 bits per heavy atom. The number of H-pyrrole nitrogens is 1. The van der Waals surface area contributed by atoms with Gasteiger partial charge in [0.25, 0.3) is 12.9 Å². The minimum atomic E-state index is -1.88. The quantitative estimate of drug-likeness (QED) is 0.0220. The SMILES string of the molecule is CCCC[C@H]1C(=O)N(C)CC(=O)C[C@@H](COC=O)C(=O)C[C@@H](C(C)C)C(=O)N(C)[C@@H](Cc2ccccc2)C(=O)N[C@@H](CCOC=O)C(=O)N(C)[C@@H](CCC(=O)O)C(=O)N[C@@H](Cc2c[nH]c3ccccc23)C(=O)N[C@@H](Cc2ccc(O)cc2)C(=O)N[C@@H](CCC(=O)O)C(=O)N[C@H](C(=O)CCC(N)=O)CSCC(=O)N[C@@H](Cc2ccccc2)C(=O)N(C)[C@@H](Cc2ccccc2)C(=O)N1C. The number of Topliss-reactive ketones (excluding diaryl/α,β-unsaturated/α-hetero) is 3. The van der Waals surface area contributed by atoms with E-state index in [0.29, 0.717) is 46.0 Å². The topological polar surface area (TPSA) is 534 Å². The molecule has 710 valence electrons. The Labute approximate surface area is 768 Å². The van der Waals surface area contributed by atoms with E-state index in [1.54, 1.807) is 129 Å². The molecule has 38 heteroatoms. The van der Waals surface area contributed by atoms with Gasteiger partial charge in [-0.3, -0.25) is 91.1 Å². The zero-order valence-corrected chi connectivity index (χ0v) is 76.0. The predicted octanol–water partition coefficient (Wildman–Crippen LogP) is 3.11. The standard InChI is InChI=1S/C94H119N13O24S/c1-9-10-30-76-93(128)103(4)51-65(111)47-63(52-131-56-109)80(113)49-67(57(2)3)90(125)106(7)77(45-59-24-16-12-17-25-59)89(124)99-70(41-42-130-55-108)91(126)104(5)75(36-40-84(118)119)88(123)101-72(48-62-50-96-68-29-21-20-28-66(62)68)87(122)100-71(43-61-31-33-64(110)34-32-61)86(121)98-69(35-39-83(116)117)85(120)102-74(79(112)37-38-81(95)114)53-132-54-82(115)97-73(44-58-22-14-11-15-23-58)92(127)107(8)78(94(129)105(76)6)46-60-26-18-13-19-27-60/h11-29,31-34,50,55-57,63,67,69-78,96,110H,9-10,30,35-49,51-54H2,1-8H3,(H2,95,114)(H,97,115)(H,98,121)(H,99,124)(H,100,122)(H,101,123)(H,102,120)(H,116,117)(H,118,119)/t63-,67-,69-,70-,71-,72-,73-,74-,75-,76-,77-,78-/m0/s1. The Morgan fingerprint density at radius 2 is 0.992 bits per heavy atom. The fourth-order valence-electron chi connectivity index (χ4n) is 15.4. The monoisotopic (exact) mass is 1850 g/mol. The van der Waals surface area contributed by atoms with Crippen LogP contribution in [0.5, 0.6) is 5.75 Å². The van der Waals surface area contributed by atoms with Crippen LogP contribution in [0.1, 0.15) is 126 Å². The highest BCUT2D eigenvalue weighted by molar-refractivity contribution is 8.00. The van der Waals surface area contributed by atoms with Gasteiger partial charge in [0.15, 0.2) is 11.6 Å². The number of carboxylic acid groups (broad SMARTS) is 2. The highest BCUT2D eigenvalue weighted by atomic mass is 32.2. The molecule has 2 heterocycles. The molecule has 37 nitrogen and oxygen atoms in total. The largest absolute Gasteiger partial charge is 0.508 e. The number of carbonyl (C=O) groups is 19. The summed E-state index contributed by atoms with van der Waals surface area (Å²) in [4.78, 5) is 281. The number of likely N-dealkylation sites (N-methyl/N-ethyl adjacent to an activating group) is 5. The molecule has 12 N–H and O–H groups in total. The van der Waals surface area contributed by atoms with Crippen molar-refractivity contribution in [3.05, 3.63) is 174 Å². The number of hydrogen-bond acceptors (Lipinski definition) is 23. The van der Waals surface area contributed by atoms with Crippen molar-refractivity contribution in [2.75, 3.05) is 66.5 Å². The maximum absolute atomic E-state index is 15.5. The average Bonchev–Trinajstić information content (AvgIpc) is 1.85. The second-order valence-electron chi connectivity index (χ2n) is 33.1. The van der Waals surface area contributed by atoms with Crippen LogP contribution in [0.25, 0.3) is 10.9 Å². The van der Waals surface area contributed by atoms with Crippen LogP contribution >= 0.6 is 11.8 Å². The first-order valence-corrected chi connectivity index (χ1v) is 44.6. The number of hydrogen-bond donors (Lipinski definition) is 11. The molecule has 0 saturated carbocycles. The number of ether oxygens (including phenoxy) is 2. The number of phenols is 1. The van der Waals surface area contributed by atoms with E-state index >= 15 is 43.2 Å². The summed E-state index contributed by atoms with van der Waals surface area (Å²) < 4.78 is 10.2. The Balaban J connectivity index is 1.37. The molecule has 1 fully saturated rings. The van der Waals surface area contributed by atoms with Gasteiger partial charge < -0.3 is 91.9 Å². The van der Waals surface area contributed by atoms with Crippen molar-refractivity contribution in [2.24, 2.45) is 23.5 Å². The van der Waals surface area contributed by atoms with E-state index in [2.05, 4.69) is 36.9 Å². The summed E-state index contributed by atoms with van der Waals surface area (Å²) in [5, 5.41) is 47.0. The number of phenolic OH excluding ortho intramolecular Hbond substituents is 1. The number of nitrogens with two attached hydrogens (primary N) is 1. The predicted molar refractivity (Wildman–Crippen MR) is 483 cm³/mol. The first-order valence-electron chi connectivity index (χ1n) is 43.5. The van der Waals surface area contributed by atoms with Crippen LogP contribution in [-0.4, -0.2) is 285 Å². The maximum Gasteiger partial charge on any atom is 0.303 e. The molecule has 6 aromatic rings. The van der Waals surface area contributed by atoms with Crippen molar-refractivity contribution in [1.82, 2.24) is 61.4 Å². The van der Waals surface area contributed by atoms with Gasteiger partial charge in [0.2, 0.25) is 70.9 Å². The summed E-state index contributed by atoms with van der Waals surface area (Å²) in [6, 6.07) is 21.0. The highest BCUT2D eigenvalue weighted by Gasteiger charge is 2.43. The Kier molecular flexibility index (Phi) is 42.2. The number of nitrogens with zero attached hydrogens (tertiary/aromatic N) is 5. The number of amides is 12. The summed E-state index contributed by atoms with van der Waals surface area (Å²) in [5.74, 6) is -21.4. The number of thioether (sulfide) groups is 1. The molecule has 0 unspecified atom stereocenters. The van der Waals surface area contributed by atoms with Crippen molar-refractivity contribution < 1.29 is 116 Å². The third kappa shape index (κ3) is 32.5. The molecule has 0 bridgehead atoms. The number of primary amides is 1. The molecule has 132 heavy (non-hydrogen) atoms. The number of carboxylic acids is 2. The summed E-state index contributed by atoms with van der Waals surface area (Å²) in [7, 11) is 6.41. The van der Waals surface area contributed by atoms with Crippen LogP contribution in [-0.2, 0) is 133 Å². The third-order valence-electron chi connectivity index (χ3n) is 23.1. The zero-order chi connectivity index (χ0) is 96.8. The van der Waals surface area contributed by atoms with Crippen molar-refractivity contribution in [1.29, 1.82) is 0 Å². The number of aromatic nitrogens is 1. The maximum atomic E-state index is 15.5. The van der Waals surface area contributed by atoms with Gasteiger partial charge in [-0.05, 0) is 71.2 Å². The second-order valence-corrected chi connectivity index (χ2v) is 34.1. The van der Waals surface area contributed by atoms with E-state index in [4.69, 9.17) is 15.2 Å². The molecular formula is C94H119N13O24S. The van der Waals surface area contributed by atoms with Gasteiger partial charge in [0, 0.05) is 141 Å². The van der Waals surface area contributed by atoms with E-state index in [1.807, 2.05) is 6.92 Å². The molecule has 7 rings (SSSR count). The van der Waals surface area contributed by atoms with Gasteiger partial charge in [-0.2, -0.15) is 0 Å². The number of unbranched alkanes of at least 4 members (excludes halogenated alkanes) is 1. The first kappa shape index (κ1) is 105. The minimum Gasteiger partial charge on any atom is -0.508 e. The lowest BCUT2D eigenvalue weighted by Gasteiger charge is -2.37. The molecule has 1 aliphatic heterocycles. The first-order chi connectivity index (χ1) is 62.9. The van der Waals surface area contributed by atoms with E-state index < -0.39 is 280 Å². The highest BCUT2D eigenvalue weighted by Crippen LogP contribution is 2.28. The van der Waals surface area contributed by atoms with Gasteiger partial charge in [-0.25, -0.2) is 0 Å². The minimum absolute atomic E-state index is 0.0445. The molecule has 0 aliphatic carbocycles. The molecular weight excluding hydrogens is 1730 g/mol. The van der Waals surface area contributed by atoms with Crippen LogP contribution in [0.3, 0.4) is 0 Å². The fourth-order valence-corrected chi connectivity index (χ4v) is 16.3. The van der Waals surface area contributed by atoms with E-state index in [1.165, 1.54) is 63.6 Å². The van der Waals surface area contributed by atoms with Crippen molar-refractivity contribution in [2.45, 2.75) is 190 Å². The smallest absolute Gasteiger partial charge is 0.303 e. The molecule has 0 radical (unpaired) electrons. The number of rotatable bonds is 31. The number of ketones is 3. The van der Waals surface area contributed by atoms with Gasteiger partial charge in [0.05, 0.1) is 30.9 Å². The summed E-state index contributed by atoms with van der Waals surface area (Å²) in [6.07, 6.45) is -4.89. The molecule has 12 amide bonds. The summed E-state index contributed by atoms with van der Waals surface area (Å²) in [5.41, 5.74) is 8.29. The number of fused-ring (bicyclic) bond motifs is 1. The molecule has 1 saturated heterocycles. The van der Waals surface area contributed by atoms with Gasteiger partial charge in [-0.15, -0.1) is 11.8 Å². The Bertz CT molecular complexity index is 5000. The number of aromatic hydroxyl groups is 1. The third-order valence-corrected chi connectivity index (χ3v) is 24.1. The van der Waals surface area contributed by atoms with Crippen LogP contribution in [0.15, 0.2) is 146 Å². The van der Waals surface area contributed by atoms with Crippen LogP contribution in [0.2, 0.25) is 0 Å². The number of aromatic amines is 1. The van der Waals surface area contributed by atoms with Crippen LogP contribution in [0.4, 0.5) is 0 Å². The number of aliphatic carboxylic acids is 2. The van der Waals surface area contributed by atoms with E-state index in [-0.39, 0.29) is 49.9 Å². The van der Waals surface area contributed by atoms with Gasteiger partial charge >= 0.3 is 11.9 Å². The lowest BCUT2D eigenvalue weighted by molar-refractivity contribution is -0.151. The van der Waals surface area contributed by atoms with Crippen molar-refractivity contribution in [3.8, 4) is 5.75 Å². The number of para-hydroxylation sites is 1. The lowest BCUT2D eigenvalue weighted by Crippen LogP contribution is -2.61. The van der Waals surface area contributed by atoms with E-state index in [0.717, 1.165) is 38.4 Å². The van der Waals surface area contributed by atoms with Crippen molar-refractivity contribution in [3.63, 3.8) is 0 Å². The second kappa shape index (κ2) is 52.8. The van der Waals surface area contributed by atoms with E-state index in [9.17, 15) is 63.3 Å². The molecule has 1 aliphatic rings. The molecule has 5 aromatic carbocycles. The number of nitrogens with one attached hydrogen (secondary N) is 7. The van der Waals surface area contributed by atoms with Crippen LogP contribution < -0.4 is 37.6 Å². The van der Waals surface area contributed by atoms with Gasteiger partial charge in [-0.1, -0.05) is 155 Å². The zero-order valence-electron chi connectivity index (χ0n) is 75.2. The normalized spacial score (nSPS) is 22.2. The summed E-state index contributed by atoms with van der Waals surface area (Å²) in [6.45, 7) is 3.31. The number of benzene rings is 5. The lowest BCUT2D eigenvalue weighted by atomic mass is 9.84. The fraction of sp³-hybridized carbons (Fsp3) is 0.457. The van der Waals surface area contributed by atoms with Crippen molar-refractivity contribution >= 4 is 136 Å². The molecule has 1 aromatic heterocycles. The molecule has 0 spiro atoms. The van der Waals surface area contributed by atoms with Crippen LogP contribution in [0, 0.1) is 17.8 Å². The average molecular weight is 1850 g/mol. The number of carbonyl (C=O) groups excluding carboxylic acids is 17. The molecule has 12 atom stereocenters. The van der Waals surface area contributed by atoms with Gasteiger partial charge in [0.1, 0.15) is 72.5 Å². The summed E-state index contributed by atoms with van der Waals surface area (Å²) >= 11 is 0.765. The Hall–Kier alpha value is -13.7.